The SMILES string of the molecule is CCCCCCCCc1cc(CC(C(=O)CCC)C(=O)CCC)cc(CCCCCCCC)c1O. The molecule has 0 heterocycles. The summed E-state index contributed by atoms with van der Waals surface area (Å²) in [6, 6.07) is 4.16. The van der Waals surface area contributed by atoms with Crippen molar-refractivity contribution in [3.8, 4) is 5.75 Å². The molecule has 0 spiro atoms. The number of aryl methyl sites for hydroxylation is 2. The third-order valence-electron chi connectivity index (χ3n) is 7.14. The first kappa shape index (κ1) is 31.4. The average Bonchev–Trinajstić information content (AvgIpc) is 2.84. The first-order chi connectivity index (χ1) is 17.0. The highest BCUT2D eigenvalue weighted by Gasteiger charge is 2.26. The Bertz CT molecular complexity index is 667. The molecule has 0 aliphatic heterocycles. The van der Waals surface area contributed by atoms with Gasteiger partial charge in [-0.2, -0.15) is 0 Å². The van der Waals surface area contributed by atoms with Gasteiger partial charge < -0.3 is 5.11 Å². The highest BCUT2D eigenvalue weighted by molar-refractivity contribution is 6.02. The average molecular weight is 487 g/mol. The Kier molecular flexibility index (Phi) is 17.5. The van der Waals surface area contributed by atoms with Gasteiger partial charge in [-0.1, -0.05) is 104 Å². The predicted molar refractivity (Wildman–Crippen MR) is 149 cm³/mol. The van der Waals surface area contributed by atoms with E-state index in [1.165, 1.54) is 64.2 Å². The quantitative estimate of drug-likeness (QED) is 0.131. The molecule has 200 valence electrons. The Balaban J connectivity index is 3.01. The van der Waals surface area contributed by atoms with Crippen molar-refractivity contribution in [3.63, 3.8) is 0 Å². The van der Waals surface area contributed by atoms with Crippen LogP contribution in [0.3, 0.4) is 0 Å². The second kappa shape index (κ2) is 19.5. The zero-order valence-corrected chi connectivity index (χ0v) is 23.4. The number of carbonyl (C=O) groups excluding carboxylic acids is 2. The second-order valence-corrected chi connectivity index (χ2v) is 10.5. The molecule has 35 heavy (non-hydrogen) atoms. The van der Waals surface area contributed by atoms with E-state index in [1.54, 1.807) is 0 Å². The Hall–Kier alpha value is -1.64. The van der Waals surface area contributed by atoms with Gasteiger partial charge in [0.15, 0.2) is 0 Å². The van der Waals surface area contributed by atoms with Crippen molar-refractivity contribution in [2.75, 3.05) is 0 Å². The number of hydrogen-bond acceptors (Lipinski definition) is 3. The van der Waals surface area contributed by atoms with Crippen molar-refractivity contribution in [1.82, 2.24) is 0 Å². The van der Waals surface area contributed by atoms with E-state index in [0.29, 0.717) is 25.0 Å². The summed E-state index contributed by atoms with van der Waals surface area (Å²) in [7, 11) is 0. The highest BCUT2D eigenvalue weighted by atomic mass is 16.3. The molecule has 3 nitrogen and oxygen atoms in total. The fraction of sp³-hybridized carbons (Fsp3) is 0.750. The van der Waals surface area contributed by atoms with E-state index in [0.717, 1.165) is 55.2 Å². The number of hydrogen-bond donors (Lipinski definition) is 1. The third-order valence-corrected chi connectivity index (χ3v) is 7.14. The first-order valence-corrected chi connectivity index (χ1v) is 14.9. The maximum atomic E-state index is 12.8. The van der Waals surface area contributed by atoms with E-state index in [9.17, 15) is 14.7 Å². The van der Waals surface area contributed by atoms with Gasteiger partial charge in [0.25, 0.3) is 0 Å². The van der Waals surface area contributed by atoms with Gasteiger partial charge in [-0.3, -0.25) is 9.59 Å². The van der Waals surface area contributed by atoms with Gasteiger partial charge in [0.05, 0.1) is 5.92 Å². The van der Waals surface area contributed by atoms with Crippen LogP contribution >= 0.6 is 0 Å². The van der Waals surface area contributed by atoms with Gasteiger partial charge >= 0.3 is 0 Å². The smallest absolute Gasteiger partial charge is 0.143 e. The van der Waals surface area contributed by atoms with Crippen LogP contribution in [0.2, 0.25) is 0 Å². The number of phenols is 1. The monoisotopic (exact) mass is 486 g/mol. The molecule has 3 heteroatoms. The molecule has 1 aromatic carbocycles. The van der Waals surface area contributed by atoms with Crippen molar-refractivity contribution < 1.29 is 14.7 Å². The van der Waals surface area contributed by atoms with Gasteiger partial charge in [-0.25, -0.2) is 0 Å². The molecule has 0 fully saturated rings. The molecule has 0 aliphatic carbocycles. The summed E-state index contributed by atoms with van der Waals surface area (Å²) < 4.78 is 0. The van der Waals surface area contributed by atoms with E-state index in [1.807, 2.05) is 13.8 Å². The minimum Gasteiger partial charge on any atom is -0.507 e. The van der Waals surface area contributed by atoms with Crippen molar-refractivity contribution in [2.45, 2.75) is 150 Å². The summed E-state index contributed by atoms with van der Waals surface area (Å²) in [5, 5.41) is 11.1. The van der Waals surface area contributed by atoms with Gasteiger partial charge in [0.1, 0.15) is 17.3 Å². The Morgan fingerprint density at radius 1 is 0.629 bits per heavy atom. The van der Waals surface area contributed by atoms with Crippen molar-refractivity contribution in [1.29, 1.82) is 0 Å². The molecule has 0 radical (unpaired) electrons. The van der Waals surface area contributed by atoms with E-state index in [4.69, 9.17) is 0 Å². The Labute approximate surface area is 216 Å². The number of unbranched alkanes of at least 4 members (excludes halogenated alkanes) is 10. The Morgan fingerprint density at radius 3 is 1.43 bits per heavy atom. The van der Waals surface area contributed by atoms with Crippen LogP contribution in [0.4, 0.5) is 0 Å². The van der Waals surface area contributed by atoms with Gasteiger partial charge in [0, 0.05) is 12.8 Å². The third kappa shape index (κ3) is 12.8. The lowest BCUT2D eigenvalue weighted by Crippen LogP contribution is -2.26. The molecule has 0 aromatic heterocycles. The van der Waals surface area contributed by atoms with E-state index in [-0.39, 0.29) is 11.6 Å². The van der Waals surface area contributed by atoms with Crippen molar-refractivity contribution in [2.24, 2.45) is 5.92 Å². The number of rotatable bonds is 22. The van der Waals surface area contributed by atoms with Crippen LogP contribution in [0.1, 0.15) is 147 Å². The lowest BCUT2D eigenvalue weighted by molar-refractivity contribution is -0.132. The lowest BCUT2D eigenvalue weighted by Gasteiger charge is -2.18. The molecule has 0 saturated carbocycles. The summed E-state index contributed by atoms with van der Waals surface area (Å²) in [5.41, 5.74) is 3.05. The fourth-order valence-electron chi connectivity index (χ4n) is 5.01. The maximum absolute atomic E-state index is 12.8. The number of carbonyl (C=O) groups is 2. The number of Topliss-reactive ketones (excluding diaryl/α,β-unsaturated/α-hetero) is 2. The van der Waals surface area contributed by atoms with Gasteiger partial charge in [-0.05, 0) is 61.6 Å². The Morgan fingerprint density at radius 2 is 1.03 bits per heavy atom. The molecule has 0 unspecified atom stereocenters. The maximum Gasteiger partial charge on any atom is 0.143 e. The van der Waals surface area contributed by atoms with Crippen LogP contribution in [0.5, 0.6) is 5.75 Å². The summed E-state index contributed by atoms with van der Waals surface area (Å²) in [6.45, 7) is 8.46. The number of phenolic OH excluding ortho intramolecular Hbond substituents is 1. The number of ketones is 2. The normalized spacial score (nSPS) is 11.3. The number of benzene rings is 1. The summed E-state index contributed by atoms with van der Waals surface area (Å²) >= 11 is 0. The number of aromatic hydroxyl groups is 1. The van der Waals surface area contributed by atoms with Crippen molar-refractivity contribution in [3.05, 3.63) is 28.8 Å². The molecular weight excluding hydrogens is 432 g/mol. The summed E-state index contributed by atoms with van der Waals surface area (Å²) in [5.74, 6) is 0.0679. The van der Waals surface area contributed by atoms with Crippen LogP contribution in [-0.4, -0.2) is 16.7 Å². The molecule has 0 aliphatic rings. The van der Waals surface area contributed by atoms with Crippen LogP contribution in [0.15, 0.2) is 12.1 Å². The lowest BCUT2D eigenvalue weighted by atomic mass is 9.85. The predicted octanol–water partition coefficient (Wildman–Crippen LogP) is 9.10. The van der Waals surface area contributed by atoms with Gasteiger partial charge in [-0.15, -0.1) is 0 Å². The van der Waals surface area contributed by atoms with E-state index >= 15 is 0 Å². The summed E-state index contributed by atoms with van der Waals surface area (Å²) in [6.07, 6.45) is 19.4. The van der Waals surface area contributed by atoms with E-state index in [2.05, 4.69) is 26.0 Å². The first-order valence-electron chi connectivity index (χ1n) is 14.9. The van der Waals surface area contributed by atoms with Gasteiger partial charge in [0.2, 0.25) is 0 Å². The minimum atomic E-state index is -0.539. The molecule has 1 N–H and O–H groups in total. The topological polar surface area (TPSA) is 54.4 Å². The molecule has 0 bridgehead atoms. The molecule has 0 saturated heterocycles. The second-order valence-electron chi connectivity index (χ2n) is 10.5. The zero-order chi connectivity index (χ0) is 25.9. The molecule has 0 amide bonds. The molecule has 0 atom stereocenters. The van der Waals surface area contributed by atoms with Crippen molar-refractivity contribution >= 4 is 11.6 Å². The minimum absolute atomic E-state index is 0.0778. The largest absolute Gasteiger partial charge is 0.507 e. The molecule has 1 rings (SSSR count). The van der Waals surface area contributed by atoms with Crippen LogP contribution in [0.25, 0.3) is 0 Å². The standard InChI is InChI=1S/C32H54O3/c1-5-9-11-13-15-17-21-27-23-26(25-29(30(33)19-7-3)31(34)20-8-4)24-28(32(27)35)22-18-16-14-12-10-6-2/h23-24,29,35H,5-22,25H2,1-4H3. The fourth-order valence-corrected chi connectivity index (χ4v) is 5.01. The highest BCUT2D eigenvalue weighted by Crippen LogP contribution is 2.30. The summed E-state index contributed by atoms with van der Waals surface area (Å²) in [4.78, 5) is 25.6. The van der Waals surface area contributed by atoms with Crippen LogP contribution < -0.4 is 0 Å². The molecule has 1 aromatic rings. The van der Waals surface area contributed by atoms with Crippen LogP contribution in [0, 0.1) is 5.92 Å². The van der Waals surface area contributed by atoms with Crippen LogP contribution in [-0.2, 0) is 28.9 Å². The zero-order valence-electron chi connectivity index (χ0n) is 23.4. The van der Waals surface area contributed by atoms with E-state index < -0.39 is 5.92 Å². The molecular formula is C32H54O3.